The van der Waals surface area contributed by atoms with E-state index in [1.54, 1.807) is 7.11 Å². The van der Waals surface area contributed by atoms with E-state index in [0.717, 1.165) is 50.1 Å². The van der Waals surface area contributed by atoms with E-state index in [1.807, 2.05) is 25.3 Å². The molecule has 0 amide bonds. The summed E-state index contributed by atoms with van der Waals surface area (Å²) in [6, 6.07) is 8.17. The fourth-order valence-electron chi connectivity index (χ4n) is 2.55. The van der Waals surface area contributed by atoms with Gasteiger partial charge in [0.1, 0.15) is 5.75 Å². The van der Waals surface area contributed by atoms with Gasteiger partial charge in [0.2, 0.25) is 0 Å². The van der Waals surface area contributed by atoms with Gasteiger partial charge in [0, 0.05) is 39.8 Å². The maximum Gasteiger partial charge on any atom is 0.194 e. The summed E-state index contributed by atoms with van der Waals surface area (Å²) in [4.78, 5) is 8.95. The molecule has 1 aromatic rings. The van der Waals surface area contributed by atoms with Gasteiger partial charge in [0.05, 0.1) is 12.8 Å². The maximum atomic E-state index is 5.44. The Morgan fingerprint density at radius 2 is 2.05 bits per heavy atom. The molecule has 0 unspecified atom stereocenters. The molecule has 1 aromatic carbocycles. The number of nitrogens with one attached hydrogen (secondary N) is 1. The Hall–Kier alpha value is -2.17. The van der Waals surface area contributed by atoms with Crippen molar-refractivity contribution in [3.63, 3.8) is 0 Å². The average molecular weight is 288 g/mol. The number of anilines is 1. The summed E-state index contributed by atoms with van der Waals surface area (Å²) in [5.74, 6) is 1.87. The first-order valence-electron chi connectivity index (χ1n) is 7.24. The smallest absolute Gasteiger partial charge is 0.194 e. The highest BCUT2D eigenvalue weighted by Gasteiger charge is 2.21. The predicted octanol–water partition coefficient (Wildman–Crippen LogP) is 1.58. The molecule has 0 radical (unpaired) electrons. The first-order valence-corrected chi connectivity index (χ1v) is 7.24. The lowest BCUT2D eigenvalue weighted by atomic mass is 10.2. The van der Waals surface area contributed by atoms with Crippen molar-refractivity contribution in [3.05, 3.63) is 36.9 Å². The Kier molecular flexibility index (Phi) is 5.49. The number of nitrogens with zero attached hydrogens (tertiary/aromatic N) is 3. The van der Waals surface area contributed by atoms with E-state index in [2.05, 4.69) is 38.8 Å². The lowest BCUT2D eigenvalue weighted by Gasteiger charge is -2.38. The summed E-state index contributed by atoms with van der Waals surface area (Å²) in [5, 5.41) is 3.28. The third kappa shape index (κ3) is 3.68. The van der Waals surface area contributed by atoms with Crippen LogP contribution in [0.1, 0.15) is 0 Å². The minimum atomic E-state index is 0.736. The molecule has 0 saturated carbocycles. The fourth-order valence-corrected chi connectivity index (χ4v) is 2.55. The Morgan fingerprint density at radius 1 is 1.33 bits per heavy atom. The third-order valence-electron chi connectivity index (χ3n) is 3.62. The topological polar surface area (TPSA) is 40.1 Å². The van der Waals surface area contributed by atoms with Crippen LogP contribution < -0.4 is 15.0 Å². The summed E-state index contributed by atoms with van der Waals surface area (Å²) in [6.45, 7) is 8.25. The number of guanidine groups is 1. The highest BCUT2D eigenvalue weighted by Crippen LogP contribution is 2.28. The van der Waals surface area contributed by atoms with Crippen molar-refractivity contribution in [3.8, 4) is 5.75 Å². The summed E-state index contributed by atoms with van der Waals surface area (Å²) < 4.78 is 5.44. The number of rotatable bonds is 4. The van der Waals surface area contributed by atoms with Crippen molar-refractivity contribution in [1.29, 1.82) is 0 Å². The monoisotopic (exact) mass is 288 g/mol. The van der Waals surface area contributed by atoms with Crippen LogP contribution in [0, 0.1) is 0 Å². The van der Waals surface area contributed by atoms with Crippen molar-refractivity contribution in [2.75, 3.05) is 51.8 Å². The van der Waals surface area contributed by atoms with Gasteiger partial charge in [-0.3, -0.25) is 4.99 Å². The Bertz CT molecular complexity index is 493. The van der Waals surface area contributed by atoms with Gasteiger partial charge in [-0.1, -0.05) is 18.2 Å². The molecule has 5 heteroatoms. The van der Waals surface area contributed by atoms with Crippen LogP contribution in [0.15, 0.2) is 41.9 Å². The van der Waals surface area contributed by atoms with Crippen molar-refractivity contribution in [2.24, 2.45) is 4.99 Å². The molecule has 1 aliphatic heterocycles. The van der Waals surface area contributed by atoms with Gasteiger partial charge in [0.25, 0.3) is 0 Å². The molecule has 5 nitrogen and oxygen atoms in total. The SMILES string of the molecule is C=CCNC(=NC)N1CCN(c2ccccc2OC)CC1. The molecule has 1 N–H and O–H groups in total. The molecule has 1 fully saturated rings. The zero-order valence-electron chi connectivity index (χ0n) is 12.9. The zero-order chi connectivity index (χ0) is 15.1. The number of piperazine rings is 1. The largest absolute Gasteiger partial charge is 0.495 e. The molecule has 0 spiro atoms. The number of hydrogen-bond donors (Lipinski definition) is 1. The van der Waals surface area contributed by atoms with Gasteiger partial charge in [0.15, 0.2) is 5.96 Å². The van der Waals surface area contributed by atoms with Crippen molar-refractivity contribution >= 4 is 11.6 Å². The summed E-state index contributed by atoms with van der Waals surface area (Å²) in [7, 11) is 3.54. The van der Waals surface area contributed by atoms with E-state index >= 15 is 0 Å². The quantitative estimate of drug-likeness (QED) is 0.519. The van der Waals surface area contributed by atoms with E-state index in [9.17, 15) is 0 Å². The van der Waals surface area contributed by atoms with Crippen LogP contribution in [-0.4, -0.2) is 57.7 Å². The second-order valence-electron chi connectivity index (χ2n) is 4.86. The first kappa shape index (κ1) is 15.2. The van der Waals surface area contributed by atoms with Gasteiger partial charge < -0.3 is 19.9 Å². The van der Waals surface area contributed by atoms with Crippen molar-refractivity contribution in [1.82, 2.24) is 10.2 Å². The number of methoxy groups -OCH3 is 1. The molecule has 0 atom stereocenters. The number of hydrogen-bond acceptors (Lipinski definition) is 3. The van der Waals surface area contributed by atoms with Gasteiger partial charge in [-0.05, 0) is 12.1 Å². The predicted molar refractivity (Wildman–Crippen MR) is 88.3 cm³/mol. The average Bonchev–Trinajstić information content (AvgIpc) is 2.56. The second-order valence-corrected chi connectivity index (χ2v) is 4.86. The number of para-hydroxylation sites is 2. The second kappa shape index (κ2) is 7.57. The van der Waals surface area contributed by atoms with Crippen molar-refractivity contribution in [2.45, 2.75) is 0 Å². The van der Waals surface area contributed by atoms with Crippen LogP contribution >= 0.6 is 0 Å². The molecule has 21 heavy (non-hydrogen) atoms. The molecular weight excluding hydrogens is 264 g/mol. The van der Waals surface area contributed by atoms with Crippen LogP contribution in [0.2, 0.25) is 0 Å². The van der Waals surface area contributed by atoms with E-state index in [1.165, 1.54) is 0 Å². The first-order chi connectivity index (χ1) is 10.3. The van der Waals surface area contributed by atoms with Crippen LogP contribution in [0.4, 0.5) is 5.69 Å². The van der Waals surface area contributed by atoms with E-state index in [0.29, 0.717) is 0 Å². The molecule has 2 rings (SSSR count). The highest BCUT2D eigenvalue weighted by atomic mass is 16.5. The van der Waals surface area contributed by atoms with Crippen LogP contribution in [0.5, 0.6) is 5.75 Å². The lowest BCUT2D eigenvalue weighted by Crippen LogP contribution is -2.52. The summed E-state index contributed by atoms with van der Waals surface area (Å²) in [6.07, 6.45) is 1.84. The summed E-state index contributed by atoms with van der Waals surface area (Å²) >= 11 is 0. The fraction of sp³-hybridized carbons (Fsp3) is 0.438. The molecule has 0 bridgehead atoms. The zero-order valence-corrected chi connectivity index (χ0v) is 12.9. The molecule has 114 valence electrons. The number of ether oxygens (including phenoxy) is 1. The Balaban J connectivity index is 1.98. The molecular formula is C16H24N4O. The molecule has 1 aliphatic rings. The van der Waals surface area contributed by atoms with Crippen LogP contribution in [0.25, 0.3) is 0 Å². The van der Waals surface area contributed by atoms with E-state index in [4.69, 9.17) is 4.74 Å². The highest BCUT2D eigenvalue weighted by molar-refractivity contribution is 5.80. The van der Waals surface area contributed by atoms with Gasteiger partial charge in [-0.15, -0.1) is 6.58 Å². The van der Waals surface area contributed by atoms with E-state index < -0.39 is 0 Å². The molecule has 0 aliphatic carbocycles. The number of aliphatic imine (C=N–C) groups is 1. The molecule has 1 heterocycles. The maximum absolute atomic E-state index is 5.44. The minimum absolute atomic E-state index is 0.736. The Labute approximate surface area is 126 Å². The van der Waals surface area contributed by atoms with Gasteiger partial charge in [-0.25, -0.2) is 0 Å². The van der Waals surface area contributed by atoms with Crippen LogP contribution in [0.3, 0.4) is 0 Å². The third-order valence-corrected chi connectivity index (χ3v) is 3.62. The molecule has 1 saturated heterocycles. The van der Waals surface area contributed by atoms with Crippen molar-refractivity contribution < 1.29 is 4.74 Å². The number of benzene rings is 1. The molecule has 0 aromatic heterocycles. The normalized spacial score (nSPS) is 15.8. The lowest BCUT2D eigenvalue weighted by molar-refractivity contribution is 0.368. The summed E-state index contributed by atoms with van der Waals surface area (Å²) in [5.41, 5.74) is 1.16. The van der Waals surface area contributed by atoms with Gasteiger partial charge in [-0.2, -0.15) is 0 Å². The van der Waals surface area contributed by atoms with Crippen LogP contribution in [-0.2, 0) is 0 Å². The van der Waals surface area contributed by atoms with E-state index in [-0.39, 0.29) is 0 Å². The minimum Gasteiger partial charge on any atom is -0.495 e. The van der Waals surface area contributed by atoms with Gasteiger partial charge >= 0.3 is 0 Å². The Morgan fingerprint density at radius 3 is 2.67 bits per heavy atom. The standard InChI is InChI=1S/C16H24N4O/c1-4-9-18-16(17-2)20-12-10-19(11-13-20)14-7-5-6-8-15(14)21-3/h4-8H,1,9-13H2,2-3H3,(H,17,18).